The molecule has 1 fully saturated rings. The minimum atomic E-state index is 0.409. The lowest BCUT2D eigenvalue weighted by Gasteiger charge is -2.19. The van der Waals surface area contributed by atoms with E-state index in [1.165, 1.54) is 31.3 Å². The van der Waals surface area contributed by atoms with Crippen molar-refractivity contribution in [2.45, 2.75) is 39.0 Å². The van der Waals surface area contributed by atoms with Crippen molar-refractivity contribution < 1.29 is 4.79 Å². The Morgan fingerprint density at radius 3 is 2.91 bits per heavy atom. The molecule has 0 saturated heterocycles. The van der Waals surface area contributed by atoms with Crippen LogP contribution in [-0.2, 0) is 4.79 Å². The number of carbonyl (C=O) groups is 1. The van der Waals surface area contributed by atoms with Crippen LogP contribution in [0.1, 0.15) is 39.0 Å². The molecule has 2 rings (SSSR count). The molecule has 0 bridgehead atoms. The first kappa shape index (κ1) is 7.08. The standard InChI is InChI=1S/C10H14O/c1-7-9-5-3-2-4-8(9)6-10(7)11/h8H,2-6H2,1H3. The molecule has 1 unspecified atom stereocenters. The van der Waals surface area contributed by atoms with Gasteiger partial charge in [-0.3, -0.25) is 4.79 Å². The third-order valence-electron chi connectivity index (χ3n) is 3.07. The van der Waals surface area contributed by atoms with Crippen molar-refractivity contribution in [2.24, 2.45) is 5.92 Å². The highest BCUT2D eigenvalue weighted by Gasteiger charge is 2.30. The maximum Gasteiger partial charge on any atom is 0.159 e. The zero-order chi connectivity index (χ0) is 7.84. The maximum atomic E-state index is 11.3. The van der Waals surface area contributed by atoms with Crippen LogP contribution in [0.4, 0.5) is 0 Å². The highest BCUT2D eigenvalue weighted by molar-refractivity contribution is 5.98. The summed E-state index contributed by atoms with van der Waals surface area (Å²) < 4.78 is 0. The molecule has 0 heterocycles. The second kappa shape index (κ2) is 2.47. The molecule has 0 aromatic rings. The molecule has 0 amide bonds. The number of ketones is 1. The summed E-state index contributed by atoms with van der Waals surface area (Å²) in [5, 5.41) is 0. The van der Waals surface area contributed by atoms with E-state index < -0.39 is 0 Å². The fraction of sp³-hybridized carbons (Fsp3) is 0.700. The maximum absolute atomic E-state index is 11.3. The smallest absolute Gasteiger partial charge is 0.159 e. The molecule has 1 nitrogen and oxygen atoms in total. The van der Waals surface area contributed by atoms with Gasteiger partial charge in [-0.05, 0) is 37.7 Å². The summed E-state index contributed by atoms with van der Waals surface area (Å²) in [6.45, 7) is 2.00. The molecular formula is C10H14O. The molecular weight excluding hydrogens is 136 g/mol. The summed E-state index contributed by atoms with van der Waals surface area (Å²) >= 11 is 0. The molecule has 1 atom stereocenters. The van der Waals surface area contributed by atoms with Gasteiger partial charge in [0, 0.05) is 6.42 Å². The van der Waals surface area contributed by atoms with Crippen LogP contribution in [0, 0.1) is 5.92 Å². The minimum Gasteiger partial charge on any atom is -0.295 e. The first-order valence-electron chi connectivity index (χ1n) is 4.52. The largest absolute Gasteiger partial charge is 0.295 e. The van der Waals surface area contributed by atoms with E-state index in [1.807, 2.05) is 6.92 Å². The molecule has 0 spiro atoms. The number of allylic oxidation sites excluding steroid dienone is 2. The van der Waals surface area contributed by atoms with Crippen molar-refractivity contribution in [2.75, 3.05) is 0 Å². The van der Waals surface area contributed by atoms with E-state index in [0.717, 1.165) is 12.0 Å². The molecule has 2 aliphatic carbocycles. The van der Waals surface area contributed by atoms with Gasteiger partial charge in [-0.15, -0.1) is 0 Å². The van der Waals surface area contributed by atoms with Crippen molar-refractivity contribution in [1.29, 1.82) is 0 Å². The van der Waals surface area contributed by atoms with Gasteiger partial charge < -0.3 is 0 Å². The van der Waals surface area contributed by atoms with Gasteiger partial charge in [0.15, 0.2) is 5.78 Å². The summed E-state index contributed by atoms with van der Waals surface area (Å²) in [5.74, 6) is 1.06. The third-order valence-corrected chi connectivity index (χ3v) is 3.07. The highest BCUT2D eigenvalue weighted by atomic mass is 16.1. The predicted molar refractivity (Wildman–Crippen MR) is 44.3 cm³/mol. The second-order valence-electron chi connectivity index (χ2n) is 3.72. The van der Waals surface area contributed by atoms with E-state index in [1.54, 1.807) is 0 Å². The van der Waals surface area contributed by atoms with Crippen LogP contribution in [0.5, 0.6) is 0 Å². The fourth-order valence-electron chi connectivity index (χ4n) is 2.36. The van der Waals surface area contributed by atoms with Crippen molar-refractivity contribution in [1.82, 2.24) is 0 Å². The molecule has 1 saturated carbocycles. The van der Waals surface area contributed by atoms with E-state index in [9.17, 15) is 4.79 Å². The second-order valence-corrected chi connectivity index (χ2v) is 3.72. The van der Waals surface area contributed by atoms with Crippen LogP contribution in [0.15, 0.2) is 11.1 Å². The Hall–Kier alpha value is -0.590. The van der Waals surface area contributed by atoms with Gasteiger partial charge >= 0.3 is 0 Å². The van der Waals surface area contributed by atoms with E-state index in [2.05, 4.69) is 0 Å². The lowest BCUT2D eigenvalue weighted by atomic mass is 9.85. The van der Waals surface area contributed by atoms with Crippen molar-refractivity contribution in [3.63, 3.8) is 0 Å². The van der Waals surface area contributed by atoms with E-state index in [0.29, 0.717) is 11.7 Å². The number of fused-ring (bicyclic) bond motifs is 1. The van der Waals surface area contributed by atoms with Crippen LogP contribution in [0.2, 0.25) is 0 Å². The van der Waals surface area contributed by atoms with Crippen molar-refractivity contribution >= 4 is 5.78 Å². The number of Topliss-reactive ketones (excluding diaryl/α,β-unsaturated/α-hetero) is 1. The summed E-state index contributed by atoms with van der Waals surface area (Å²) in [5.41, 5.74) is 2.58. The number of rotatable bonds is 0. The fourth-order valence-corrected chi connectivity index (χ4v) is 2.36. The average molecular weight is 150 g/mol. The van der Waals surface area contributed by atoms with E-state index >= 15 is 0 Å². The third kappa shape index (κ3) is 1.03. The summed E-state index contributed by atoms with van der Waals surface area (Å²) in [6.07, 6.45) is 5.91. The SMILES string of the molecule is CC1=C2CCCCC2CC1=O. The zero-order valence-corrected chi connectivity index (χ0v) is 7.02. The van der Waals surface area contributed by atoms with Gasteiger partial charge in [-0.2, -0.15) is 0 Å². The Morgan fingerprint density at radius 1 is 1.36 bits per heavy atom. The monoisotopic (exact) mass is 150 g/mol. The molecule has 2 aliphatic rings. The molecule has 0 aromatic heterocycles. The Kier molecular flexibility index (Phi) is 1.59. The molecule has 0 N–H and O–H groups in total. The molecule has 0 aliphatic heterocycles. The minimum absolute atomic E-state index is 0.409. The lowest BCUT2D eigenvalue weighted by Crippen LogP contribution is -2.05. The Bertz CT molecular complexity index is 225. The quantitative estimate of drug-likeness (QED) is 0.518. The summed E-state index contributed by atoms with van der Waals surface area (Å²) in [6, 6.07) is 0. The van der Waals surface area contributed by atoms with E-state index in [-0.39, 0.29) is 0 Å². The van der Waals surface area contributed by atoms with Crippen LogP contribution in [0.3, 0.4) is 0 Å². The Morgan fingerprint density at radius 2 is 2.18 bits per heavy atom. The molecule has 0 aromatic carbocycles. The van der Waals surface area contributed by atoms with Crippen LogP contribution in [0.25, 0.3) is 0 Å². The van der Waals surface area contributed by atoms with Gasteiger partial charge in [-0.1, -0.05) is 12.0 Å². The van der Waals surface area contributed by atoms with Gasteiger partial charge in [0.25, 0.3) is 0 Å². The van der Waals surface area contributed by atoms with Crippen LogP contribution in [-0.4, -0.2) is 5.78 Å². The Balaban J connectivity index is 2.28. The lowest BCUT2D eigenvalue weighted by molar-refractivity contribution is -0.115. The predicted octanol–water partition coefficient (Wildman–Crippen LogP) is 2.47. The van der Waals surface area contributed by atoms with Gasteiger partial charge in [0.2, 0.25) is 0 Å². The summed E-state index contributed by atoms with van der Waals surface area (Å²) in [4.78, 5) is 11.3. The van der Waals surface area contributed by atoms with Crippen molar-refractivity contribution in [3.05, 3.63) is 11.1 Å². The van der Waals surface area contributed by atoms with Crippen LogP contribution < -0.4 is 0 Å². The van der Waals surface area contributed by atoms with Crippen molar-refractivity contribution in [3.8, 4) is 0 Å². The number of hydrogen-bond acceptors (Lipinski definition) is 1. The van der Waals surface area contributed by atoms with E-state index in [4.69, 9.17) is 0 Å². The summed E-state index contributed by atoms with van der Waals surface area (Å²) in [7, 11) is 0. The normalized spacial score (nSPS) is 31.0. The van der Waals surface area contributed by atoms with Gasteiger partial charge in [0.05, 0.1) is 0 Å². The average Bonchev–Trinajstić information content (AvgIpc) is 2.30. The van der Waals surface area contributed by atoms with Crippen LogP contribution >= 0.6 is 0 Å². The number of carbonyl (C=O) groups excluding carboxylic acids is 1. The highest BCUT2D eigenvalue weighted by Crippen LogP contribution is 2.39. The zero-order valence-electron chi connectivity index (χ0n) is 7.02. The molecule has 60 valence electrons. The topological polar surface area (TPSA) is 17.1 Å². The molecule has 1 heteroatoms. The molecule has 0 radical (unpaired) electrons. The first-order valence-corrected chi connectivity index (χ1v) is 4.52. The number of hydrogen-bond donors (Lipinski definition) is 0. The molecule has 11 heavy (non-hydrogen) atoms. The van der Waals surface area contributed by atoms with Gasteiger partial charge in [-0.25, -0.2) is 0 Å². The van der Waals surface area contributed by atoms with Gasteiger partial charge in [0.1, 0.15) is 0 Å². The first-order chi connectivity index (χ1) is 5.29. The Labute approximate surface area is 67.5 Å².